The first-order valence-corrected chi connectivity index (χ1v) is 6.89. The maximum Gasteiger partial charge on any atom is 0.107 e. The minimum absolute atomic E-state index is 0.593. The van der Waals surface area contributed by atoms with Crippen LogP contribution in [0, 0.1) is 0 Å². The highest BCUT2D eigenvalue weighted by Crippen LogP contribution is 2.33. The quantitative estimate of drug-likeness (QED) is 0.841. The van der Waals surface area contributed by atoms with Gasteiger partial charge in [0.1, 0.15) is 6.10 Å². The Balaban J connectivity index is 2.44. The van der Waals surface area contributed by atoms with Crippen LogP contribution in [0.25, 0.3) is 0 Å². The molecule has 0 fully saturated rings. The van der Waals surface area contributed by atoms with Crippen molar-refractivity contribution in [2.45, 2.75) is 11.0 Å². The molecule has 0 radical (unpaired) electrons. The van der Waals surface area contributed by atoms with Crippen LogP contribution < -0.4 is 0 Å². The first-order valence-electron chi connectivity index (χ1n) is 5.29. The largest absolute Gasteiger partial charge is 0.384 e. The summed E-state index contributed by atoms with van der Waals surface area (Å²) >= 11 is 7.72. The summed E-state index contributed by atoms with van der Waals surface area (Å²) in [4.78, 5) is 1.07. The Morgan fingerprint density at radius 1 is 1.00 bits per heavy atom. The van der Waals surface area contributed by atoms with Gasteiger partial charge in [-0.3, -0.25) is 0 Å². The van der Waals surface area contributed by atoms with Crippen molar-refractivity contribution in [3.63, 3.8) is 0 Å². The van der Waals surface area contributed by atoms with Crippen molar-refractivity contribution >= 4 is 23.4 Å². The zero-order valence-electron chi connectivity index (χ0n) is 9.43. The lowest BCUT2D eigenvalue weighted by Gasteiger charge is -2.15. The Hall–Kier alpha value is -0.960. The third-order valence-corrected chi connectivity index (χ3v) is 3.79. The molecule has 0 aliphatic heterocycles. The van der Waals surface area contributed by atoms with Gasteiger partial charge in [0.05, 0.1) is 0 Å². The average molecular weight is 265 g/mol. The molecule has 88 valence electrons. The lowest BCUT2D eigenvalue weighted by Crippen LogP contribution is -2.01. The zero-order valence-corrected chi connectivity index (χ0v) is 11.0. The maximum absolute atomic E-state index is 10.4. The standard InChI is InChI=1S/C14H13ClOS/c1-17-13-9-5-3-7-11(13)14(16)10-6-2-4-8-12(10)15/h2-9,14,16H,1H3. The van der Waals surface area contributed by atoms with Gasteiger partial charge in [-0.05, 0) is 24.0 Å². The van der Waals surface area contributed by atoms with E-state index in [1.165, 1.54) is 0 Å². The summed E-state index contributed by atoms with van der Waals surface area (Å²) in [7, 11) is 0. The van der Waals surface area contributed by atoms with Crippen LogP contribution >= 0.6 is 23.4 Å². The molecule has 0 aliphatic carbocycles. The summed E-state index contributed by atoms with van der Waals surface area (Å²) in [6.07, 6.45) is 1.32. The minimum atomic E-state index is -0.674. The molecular formula is C14H13ClOS. The topological polar surface area (TPSA) is 20.2 Å². The lowest BCUT2D eigenvalue weighted by atomic mass is 10.0. The van der Waals surface area contributed by atoms with Gasteiger partial charge >= 0.3 is 0 Å². The van der Waals surface area contributed by atoms with Gasteiger partial charge in [-0.2, -0.15) is 0 Å². The fourth-order valence-electron chi connectivity index (χ4n) is 1.76. The first kappa shape index (κ1) is 12.5. The molecule has 0 aromatic heterocycles. The van der Waals surface area contributed by atoms with E-state index < -0.39 is 6.10 Å². The molecule has 0 saturated heterocycles. The number of rotatable bonds is 3. The normalized spacial score (nSPS) is 12.4. The third-order valence-electron chi connectivity index (χ3n) is 2.63. The molecule has 2 aromatic rings. The molecule has 0 bridgehead atoms. The number of hydrogen-bond donors (Lipinski definition) is 1. The highest BCUT2D eigenvalue weighted by Gasteiger charge is 2.16. The molecule has 0 amide bonds. The van der Waals surface area contributed by atoms with Gasteiger partial charge in [-0.15, -0.1) is 11.8 Å². The zero-order chi connectivity index (χ0) is 12.3. The molecule has 0 heterocycles. The van der Waals surface area contributed by atoms with E-state index in [0.29, 0.717) is 5.02 Å². The predicted molar refractivity (Wildman–Crippen MR) is 73.7 cm³/mol. The lowest BCUT2D eigenvalue weighted by molar-refractivity contribution is 0.217. The van der Waals surface area contributed by atoms with Gasteiger partial charge in [-0.1, -0.05) is 48.0 Å². The number of benzene rings is 2. The van der Waals surface area contributed by atoms with Gasteiger partial charge in [-0.25, -0.2) is 0 Å². The van der Waals surface area contributed by atoms with Crippen molar-refractivity contribution in [1.82, 2.24) is 0 Å². The van der Waals surface area contributed by atoms with Crippen molar-refractivity contribution < 1.29 is 5.11 Å². The minimum Gasteiger partial charge on any atom is -0.384 e. The van der Waals surface area contributed by atoms with Crippen molar-refractivity contribution in [2.24, 2.45) is 0 Å². The van der Waals surface area contributed by atoms with Crippen LogP contribution in [0.1, 0.15) is 17.2 Å². The van der Waals surface area contributed by atoms with E-state index in [1.54, 1.807) is 17.8 Å². The van der Waals surface area contributed by atoms with Gasteiger partial charge in [0, 0.05) is 15.5 Å². The number of halogens is 1. The summed E-state index contributed by atoms with van der Waals surface area (Å²) in [5.74, 6) is 0. The monoisotopic (exact) mass is 264 g/mol. The predicted octanol–water partition coefficient (Wildman–Crippen LogP) is 4.14. The van der Waals surface area contributed by atoms with E-state index in [0.717, 1.165) is 16.0 Å². The summed E-state index contributed by atoms with van der Waals surface area (Å²) in [5, 5.41) is 11.0. The van der Waals surface area contributed by atoms with Crippen molar-refractivity contribution in [3.05, 3.63) is 64.7 Å². The van der Waals surface area contributed by atoms with Gasteiger partial charge in [0.2, 0.25) is 0 Å². The third kappa shape index (κ3) is 2.65. The second-order valence-electron chi connectivity index (χ2n) is 3.67. The van der Waals surface area contributed by atoms with Gasteiger partial charge in [0.15, 0.2) is 0 Å². The average Bonchev–Trinajstić information content (AvgIpc) is 2.38. The highest BCUT2D eigenvalue weighted by molar-refractivity contribution is 7.98. The number of aliphatic hydroxyl groups excluding tert-OH is 1. The van der Waals surface area contributed by atoms with Crippen LogP contribution in [0.3, 0.4) is 0 Å². The highest BCUT2D eigenvalue weighted by atomic mass is 35.5. The SMILES string of the molecule is CSc1ccccc1C(O)c1ccccc1Cl. The molecule has 2 rings (SSSR count). The summed E-state index contributed by atoms with van der Waals surface area (Å²) in [6, 6.07) is 15.2. The van der Waals surface area contributed by atoms with Crippen molar-refractivity contribution in [3.8, 4) is 0 Å². The molecule has 1 unspecified atom stereocenters. The van der Waals surface area contributed by atoms with Gasteiger partial charge < -0.3 is 5.11 Å². The van der Waals surface area contributed by atoms with Crippen LogP contribution in [0.2, 0.25) is 5.02 Å². The van der Waals surface area contributed by atoms with E-state index in [1.807, 2.05) is 48.7 Å². The number of hydrogen-bond acceptors (Lipinski definition) is 2. The molecule has 0 spiro atoms. The molecule has 2 aromatic carbocycles. The summed E-state index contributed by atoms with van der Waals surface area (Å²) < 4.78 is 0. The summed E-state index contributed by atoms with van der Waals surface area (Å²) in [6.45, 7) is 0. The smallest absolute Gasteiger partial charge is 0.107 e. The summed E-state index contributed by atoms with van der Waals surface area (Å²) in [5.41, 5.74) is 1.64. The number of thioether (sulfide) groups is 1. The molecule has 0 aliphatic rings. The molecule has 1 atom stereocenters. The molecule has 3 heteroatoms. The molecule has 0 saturated carbocycles. The second kappa shape index (κ2) is 5.58. The molecule has 1 nitrogen and oxygen atoms in total. The Labute approximate surface area is 110 Å². The van der Waals surface area contributed by atoms with Gasteiger partial charge in [0.25, 0.3) is 0 Å². The maximum atomic E-state index is 10.4. The van der Waals surface area contributed by atoms with Crippen LogP contribution in [-0.4, -0.2) is 11.4 Å². The van der Waals surface area contributed by atoms with Crippen LogP contribution in [-0.2, 0) is 0 Å². The number of aliphatic hydroxyl groups is 1. The van der Waals surface area contributed by atoms with E-state index in [-0.39, 0.29) is 0 Å². The van der Waals surface area contributed by atoms with E-state index in [4.69, 9.17) is 11.6 Å². The fraction of sp³-hybridized carbons (Fsp3) is 0.143. The Bertz CT molecular complexity index is 513. The Morgan fingerprint density at radius 2 is 1.59 bits per heavy atom. The second-order valence-corrected chi connectivity index (χ2v) is 4.92. The van der Waals surface area contributed by atoms with E-state index in [2.05, 4.69) is 0 Å². The molecule has 17 heavy (non-hydrogen) atoms. The van der Waals surface area contributed by atoms with Crippen LogP contribution in [0.5, 0.6) is 0 Å². The Morgan fingerprint density at radius 3 is 2.24 bits per heavy atom. The first-order chi connectivity index (χ1) is 8.24. The molecular weight excluding hydrogens is 252 g/mol. The van der Waals surface area contributed by atoms with Crippen molar-refractivity contribution in [2.75, 3.05) is 6.26 Å². The van der Waals surface area contributed by atoms with Crippen LogP contribution in [0.4, 0.5) is 0 Å². The Kier molecular flexibility index (Phi) is 4.11. The van der Waals surface area contributed by atoms with Crippen LogP contribution in [0.15, 0.2) is 53.4 Å². The van der Waals surface area contributed by atoms with E-state index in [9.17, 15) is 5.11 Å². The van der Waals surface area contributed by atoms with Crippen molar-refractivity contribution in [1.29, 1.82) is 0 Å². The molecule has 1 N–H and O–H groups in total. The fourth-order valence-corrected chi connectivity index (χ4v) is 2.63. The van der Waals surface area contributed by atoms with E-state index >= 15 is 0 Å².